The third-order valence-electron chi connectivity index (χ3n) is 3.34. The molecule has 0 aliphatic carbocycles. The zero-order valence-electron chi connectivity index (χ0n) is 12.2. The van der Waals surface area contributed by atoms with Crippen molar-refractivity contribution in [3.8, 4) is 0 Å². The molecule has 5 nitrogen and oxygen atoms in total. The quantitative estimate of drug-likeness (QED) is 0.865. The largest absolute Gasteiger partial charge is 0.375 e. The number of morpholine rings is 1. The van der Waals surface area contributed by atoms with Crippen molar-refractivity contribution in [2.45, 2.75) is 32.3 Å². The maximum Gasteiger partial charge on any atom is 0.270 e. The third kappa shape index (κ3) is 4.54. The Kier molecular flexibility index (Phi) is 5.94. The molecule has 20 heavy (non-hydrogen) atoms. The molecule has 2 rings (SSSR count). The topological polar surface area (TPSA) is 54.5 Å². The summed E-state index contributed by atoms with van der Waals surface area (Å²) in [5.74, 6) is -0.0761. The lowest BCUT2D eigenvalue weighted by molar-refractivity contribution is -0.0226. The number of ether oxygens (including phenoxy) is 1. The lowest BCUT2D eigenvalue weighted by Gasteiger charge is -2.30. The summed E-state index contributed by atoms with van der Waals surface area (Å²) in [5.41, 5.74) is 0.542. The molecule has 1 aromatic heterocycles. The Morgan fingerprint density at radius 1 is 1.65 bits per heavy atom. The van der Waals surface area contributed by atoms with Gasteiger partial charge in [0, 0.05) is 25.0 Å². The van der Waals surface area contributed by atoms with E-state index >= 15 is 0 Å². The van der Waals surface area contributed by atoms with E-state index in [1.165, 1.54) is 0 Å². The van der Waals surface area contributed by atoms with Gasteiger partial charge in [-0.15, -0.1) is 11.3 Å². The van der Waals surface area contributed by atoms with E-state index in [2.05, 4.69) is 29.2 Å². The van der Waals surface area contributed by atoms with E-state index in [0.29, 0.717) is 12.2 Å². The Morgan fingerprint density at radius 2 is 2.50 bits per heavy atom. The molecule has 1 aliphatic rings. The number of rotatable bonds is 6. The van der Waals surface area contributed by atoms with Crippen molar-refractivity contribution < 1.29 is 9.53 Å². The minimum atomic E-state index is -0.0761. The van der Waals surface area contributed by atoms with Crippen LogP contribution in [0.25, 0.3) is 0 Å². The van der Waals surface area contributed by atoms with Crippen molar-refractivity contribution in [3.63, 3.8) is 0 Å². The van der Waals surface area contributed by atoms with Crippen molar-refractivity contribution in [3.05, 3.63) is 16.1 Å². The van der Waals surface area contributed by atoms with Gasteiger partial charge < -0.3 is 15.0 Å². The van der Waals surface area contributed by atoms with E-state index in [9.17, 15) is 4.79 Å². The molecule has 2 heterocycles. The maximum atomic E-state index is 12.0. The van der Waals surface area contributed by atoms with Crippen LogP contribution in [0, 0.1) is 0 Å². The molecule has 1 amide bonds. The van der Waals surface area contributed by atoms with E-state index in [4.69, 9.17) is 4.74 Å². The Balaban J connectivity index is 1.71. The number of carbonyl (C=O) groups is 1. The van der Waals surface area contributed by atoms with Crippen LogP contribution in [0.2, 0.25) is 0 Å². The number of thiazole rings is 1. The van der Waals surface area contributed by atoms with Gasteiger partial charge in [-0.1, -0.05) is 6.92 Å². The molecular weight excluding hydrogens is 274 g/mol. The van der Waals surface area contributed by atoms with E-state index in [-0.39, 0.29) is 12.0 Å². The molecule has 112 valence electrons. The van der Waals surface area contributed by atoms with Gasteiger partial charge in [-0.2, -0.15) is 0 Å². The highest BCUT2D eigenvalue weighted by molar-refractivity contribution is 7.09. The van der Waals surface area contributed by atoms with Crippen LogP contribution in [0.5, 0.6) is 0 Å². The molecule has 0 saturated carbocycles. The number of hydrogen-bond donors (Lipinski definition) is 1. The molecule has 1 aromatic rings. The SMILES string of the molecule is CCCc1nc(C(=O)NCC[C@@H]2CN(C)CCO2)cs1. The molecule has 0 unspecified atom stereocenters. The van der Waals surface area contributed by atoms with E-state index in [1.807, 2.05) is 5.38 Å². The van der Waals surface area contributed by atoms with Gasteiger partial charge in [-0.3, -0.25) is 4.79 Å². The van der Waals surface area contributed by atoms with Crippen LogP contribution in [-0.4, -0.2) is 55.2 Å². The highest BCUT2D eigenvalue weighted by Gasteiger charge is 2.18. The lowest BCUT2D eigenvalue weighted by Crippen LogP contribution is -2.41. The smallest absolute Gasteiger partial charge is 0.270 e. The second-order valence-electron chi connectivity index (χ2n) is 5.18. The zero-order valence-corrected chi connectivity index (χ0v) is 13.0. The van der Waals surface area contributed by atoms with Crippen molar-refractivity contribution in [1.82, 2.24) is 15.2 Å². The average Bonchev–Trinajstić information content (AvgIpc) is 2.88. The van der Waals surface area contributed by atoms with Crippen LogP contribution < -0.4 is 5.32 Å². The van der Waals surface area contributed by atoms with Crippen molar-refractivity contribution in [1.29, 1.82) is 0 Å². The number of carbonyl (C=O) groups excluding carboxylic acids is 1. The average molecular weight is 297 g/mol. The van der Waals surface area contributed by atoms with Gasteiger partial charge >= 0.3 is 0 Å². The molecule has 1 fully saturated rings. The first kappa shape index (κ1) is 15.4. The number of aromatic nitrogens is 1. The first-order valence-corrected chi connectivity index (χ1v) is 8.09. The van der Waals surface area contributed by atoms with Crippen LogP contribution in [0.3, 0.4) is 0 Å². The normalized spacial score (nSPS) is 20.0. The van der Waals surface area contributed by atoms with Gasteiger partial charge in [0.05, 0.1) is 17.7 Å². The number of nitrogens with one attached hydrogen (secondary N) is 1. The summed E-state index contributed by atoms with van der Waals surface area (Å²) in [4.78, 5) is 18.6. The summed E-state index contributed by atoms with van der Waals surface area (Å²) in [5, 5.41) is 5.80. The maximum absolute atomic E-state index is 12.0. The Labute approximate surface area is 124 Å². The Bertz CT molecular complexity index is 436. The number of amides is 1. The minimum absolute atomic E-state index is 0.0761. The summed E-state index contributed by atoms with van der Waals surface area (Å²) in [7, 11) is 2.10. The van der Waals surface area contributed by atoms with Gasteiger partial charge in [0.1, 0.15) is 5.69 Å². The number of likely N-dealkylation sites (N-methyl/N-ethyl adjacent to an activating group) is 1. The molecule has 0 radical (unpaired) electrons. The number of nitrogens with zero attached hydrogens (tertiary/aromatic N) is 2. The molecule has 1 saturated heterocycles. The predicted molar refractivity (Wildman–Crippen MR) is 80.3 cm³/mol. The molecule has 0 bridgehead atoms. The molecule has 1 aliphatic heterocycles. The van der Waals surface area contributed by atoms with Crippen LogP contribution in [0.4, 0.5) is 0 Å². The van der Waals surface area contributed by atoms with Crippen molar-refractivity contribution >= 4 is 17.2 Å². The Morgan fingerprint density at radius 3 is 3.25 bits per heavy atom. The fourth-order valence-corrected chi connectivity index (χ4v) is 3.10. The van der Waals surface area contributed by atoms with Gasteiger partial charge in [-0.05, 0) is 26.3 Å². The van der Waals surface area contributed by atoms with E-state index in [1.54, 1.807) is 11.3 Å². The molecule has 0 spiro atoms. The molecule has 6 heteroatoms. The summed E-state index contributed by atoms with van der Waals surface area (Å²) in [6, 6.07) is 0. The van der Waals surface area contributed by atoms with Gasteiger partial charge in [0.25, 0.3) is 5.91 Å². The molecule has 0 aromatic carbocycles. The fraction of sp³-hybridized carbons (Fsp3) is 0.714. The van der Waals surface area contributed by atoms with Crippen LogP contribution >= 0.6 is 11.3 Å². The van der Waals surface area contributed by atoms with Crippen LogP contribution in [-0.2, 0) is 11.2 Å². The minimum Gasteiger partial charge on any atom is -0.375 e. The fourth-order valence-electron chi connectivity index (χ4n) is 2.22. The van der Waals surface area contributed by atoms with E-state index < -0.39 is 0 Å². The van der Waals surface area contributed by atoms with Crippen LogP contribution in [0.1, 0.15) is 35.3 Å². The third-order valence-corrected chi connectivity index (χ3v) is 4.25. The van der Waals surface area contributed by atoms with Gasteiger partial charge in [0.15, 0.2) is 0 Å². The van der Waals surface area contributed by atoms with Crippen molar-refractivity contribution in [2.24, 2.45) is 0 Å². The zero-order chi connectivity index (χ0) is 14.4. The summed E-state index contributed by atoms with van der Waals surface area (Å²) in [6.45, 7) is 5.46. The van der Waals surface area contributed by atoms with Gasteiger partial charge in [-0.25, -0.2) is 4.98 Å². The predicted octanol–water partition coefficient (Wildman–Crippen LogP) is 1.55. The van der Waals surface area contributed by atoms with Crippen LogP contribution in [0.15, 0.2) is 5.38 Å². The monoisotopic (exact) mass is 297 g/mol. The number of aryl methyl sites for hydroxylation is 1. The first-order chi connectivity index (χ1) is 9.69. The summed E-state index contributed by atoms with van der Waals surface area (Å²) < 4.78 is 5.67. The highest BCUT2D eigenvalue weighted by atomic mass is 32.1. The summed E-state index contributed by atoms with van der Waals surface area (Å²) >= 11 is 1.56. The standard InChI is InChI=1S/C14H23N3O2S/c1-3-4-13-16-12(10-20-13)14(18)15-6-5-11-9-17(2)7-8-19-11/h10-11H,3-9H2,1-2H3,(H,15,18)/t11-/m1/s1. The molecule has 1 N–H and O–H groups in total. The second kappa shape index (κ2) is 7.71. The molecular formula is C14H23N3O2S. The first-order valence-electron chi connectivity index (χ1n) is 7.21. The Hall–Kier alpha value is -0.980. The number of hydrogen-bond acceptors (Lipinski definition) is 5. The highest BCUT2D eigenvalue weighted by Crippen LogP contribution is 2.12. The summed E-state index contributed by atoms with van der Waals surface area (Å²) in [6.07, 6.45) is 3.07. The second-order valence-corrected chi connectivity index (χ2v) is 6.12. The van der Waals surface area contributed by atoms with E-state index in [0.717, 1.165) is 44.0 Å². The molecule has 1 atom stereocenters. The van der Waals surface area contributed by atoms with Crippen molar-refractivity contribution in [2.75, 3.05) is 33.3 Å². The van der Waals surface area contributed by atoms with Gasteiger partial charge in [0.2, 0.25) is 0 Å². The lowest BCUT2D eigenvalue weighted by atomic mass is 10.2.